The second-order valence-corrected chi connectivity index (χ2v) is 13.3. The molecule has 6 aromatic carbocycles. The number of pyridine rings is 2. The number of hydrogen-bond donors (Lipinski definition) is 2. The van der Waals surface area contributed by atoms with E-state index in [1.54, 1.807) is 36.8 Å². The van der Waals surface area contributed by atoms with Gasteiger partial charge in [-0.3, -0.25) is 9.97 Å². The molecular formula is C46H30N4O4. The van der Waals surface area contributed by atoms with Gasteiger partial charge in [0.05, 0.1) is 23.9 Å². The minimum atomic E-state index is -0.480. The van der Waals surface area contributed by atoms with E-state index < -0.39 is 11.9 Å². The van der Waals surface area contributed by atoms with E-state index in [-0.39, 0.29) is 6.61 Å². The Balaban J connectivity index is 1.06. The monoisotopic (exact) mass is 702 g/mol. The van der Waals surface area contributed by atoms with E-state index in [9.17, 15) is 9.59 Å². The summed E-state index contributed by atoms with van der Waals surface area (Å²) in [4.78, 5) is 43.1. The number of rotatable bonds is 6. The number of nitrogens with one attached hydrogen (secondary N) is 2. The Hall–Kier alpha value is -7.32. The molecular weight excluding hydrogens is 673 g/mol. The average molecular weight is 703 g/mol. The van der Waals surface area contributed by atoms with Gasteiger partial charge in [0.15, 0.2) is 0 Å². The maximum atomic E-state index is 14.0. The largest absolute Gasteiger partial charge is 0.465 e. The molecule has 4 aromatic heterocycles. The van der Waals surface area contributed by atoms with Crippen molar-refractivity contribution < 1.29 is 19.1 Å². The number of fused-ring (bicyclic) bond motifs is 10. The standard InChI is InChI=1S/C46H30N4O4/c1-53-45(51)30-18-20-47-24-37(30)35-22-40-43(32-12-5-7-15-39(32)49-40)29-17-16-26(21-34(29)35)25-54-46(52)33-13-8-19-48-44(33)36-23-41-42(28-10-3-2-9-27(28)36)31-11-4-6-14-38(31)50-41/h2-24,49-50H,25H2,1H3. The number of nitrogens with zero attached hydrogens (tertiary/aromatic N) is 2. The van der Waals surface area contributed by atoms with E-state index in [0.717, 1.165) is 81.8 Å². The summed E-state index contributed by atoms with van der Waals surface area (Å²) >= 11 is 0. The third-order valence-corrected chi connectivity index (χ3v) is 10.3. The maximum Gasteiger partial charge on any atom is 0.340 e. The number of aromatic nitrogens is 4. The van der Waals surface area contributed by atoms with Crippen molar-refractivity contribution in [1.29, 1.82) is 0 Å². The molecule has 0 saturated heterocycles. The Morgan fingerprint density at radius 2 is 1.20 bits per heavy atom. The van der Waals surface area contributed by atoms with Crippen molar-refractivity contribution in [2.75, 3.05) is 7.11 Å². The van der Waals surface area contributed by atoms with Gasteiger partial charge in [0.1, 0.15) is 6.61 Å². The fraction of sp³-hybridized carbons (Fsp3) is 0.0435. The molecule has 10 rings (SSSR count). The summed E-state index contributed by atoms with van der Waals surface area (Å²) in [5.41, 5.74) is 8.35. The highest BCUT2D eigenvalue weighted by atomic mass is 16.5. The van der Waals surface area contributed by atoms with Gasteiger partial charge in [0.25, 0.3) is 0 Å². The molecule has 0 aliphatic rings. The second kappa shape index (κ2) is 12.4. The summed E-state index contributed by atoms with van der Waals surface area (Å²) in [6, 6.07) is 40.0. The lowest BCUT2D eigenvalue weighted by Gasteiger charge is -2.14. The summed E-state index contributed by atoms with van der Waals surface area (Å²) in [6.07, 6.45) is 4.97. The molecule has 0 saturated carbocycles. The smallest absolute Gasteiger partial charge is 0.340 e. The number of benzene rings is 6. The molecule has 0 unspecified atom stereocenters. The van der Waals surface area contributed by atoms with Crippen LogP contribution in [0.4, 0.5) is 0 Å². The predicted molar refractivity (Wildman–Crippen MR) is 214 cm³/mol. The molecule has 0 fully saturated rings. The van der Waals surface area contributed by atoms with E-state index in [1.807, 2.05) is 60.7 Å². The first-order valence-electron chi connectivity index (χ1n) is 17.6. The van der Waals surface area contributed by atoms with Crippen molar-refractivity contribution in [3.8, 4) is 22.4 Å². The number of aromatic amines is 2. The summed E-state index contributed by atoms with van der Waals surface area (Å²) in [5, 5.41) is 8.38. The molecule has 0 bridgehead atoms. The highest BCUT2D eigenvalue weighted by Gasteiger charge is 2.22. The molecule has 2 N–H and O–H groups in total. The van der Waals surface area contributed by atoms with Gasteiger partial charge in [-0.2, -0.15) is 0 Å². The highest BCUT2D eigenvalue weighted by molar-refractivity contribution is 6.25. The van der Waals surface area contributed by atoms with Crippen LogP contribution in [0.1, 0.15) is 26.3 Å². The Bertz CT molecular complexity index is 3160. The van der Waals surface area contributed by atoms with Crippen molar-refractivity contribution in [3.05, 3.63) is 157 Å². The van der Waals surface area contributed by atoms with Gasteiger partial charge < -0.3 is 19.4 Å². The van der Waals surface area contributed by atoms with Crippen molar-refractivity contribution in [2.45, 2.75) is 6.61 Å². The van der Waals surface area contributed by atoms with E-state index in [2.05, 4.69) is 57.4 Å². The van der Waals surface area contributed by atoms with Crippen molar-refractivity contribution in [3.63, 3.8) is 0 Å². The maximum absolute atomic E-state index is 14.0. The number of carbonyl (C=O) groups is 2. The molecule has 0 aliphatic carbocycles. The van der Waals surface area contributed by atoms with Crippen LogP contribution >= 0.6 is 0 Å². The quantitative estimate of drug-likeness (QED) is 0.167. The van der Waals surface area contributed by atoms with Crippen LogP contribution in [0.25, 0.3) is 87.5 Å². The number of H-pyrrole nitrogens is 2. The van der Waals surface area contributed by atoms with E-state index >= 15 is 0 Å². The van der Waals surface area contributed by atoms with Crippen molar-refractivity contribution >= 4 is 77.1 Å². The normalized spacial score (nSPS) is 11.6. The summed E-state index contributed by atoms with van der Waals surface area (Å²) < 4.78 is 11.2. The first kappa shape index (κ1) is 31.4. The van der Waals surface area contributed by atoms with E-state index in [4.69, 9.17) is 14.5 Å². The molecule has 54 heavy (non-hydrogen) atoms. The van der Waals surface area contributed by atoms with Gasteiger partial charge in [-0.1, -0.05) is 72.8 Å². The molecule has 8 nitrogen and oxygen atoms in total. The Morgan fingerprint density at radius 1 is 0.556 bits per heavy atom. The van der Waals surface area contributed by atoms with Crippen LogP contribution in [0.2, 0.25) is 0 Å². The van der Waals surface area contributed by atoms with Crippen LogP contribution in [0.15, 0.2) is 140 Å². The number of para-hydroxylation sites is 2. The fourth-order valence-corrected chi connectivity index (χ4v) is 7.95. The number of carbonyl (C=O) groups excluding carboxylic acids is 2. The molecule has 0 aliphatic heterocycles. The molecule has 0 amide bonds. The lowest BCUT2D eigenvalue weighted by molar-refractivity contribution is 0.0472. The van der Waals surface area contributed by atoms with Gasteiger partial charge >= 0.3 is 11.9 Å². The van der Waals surface area contributed by atoms with Crippen LogP contribution in [0, 0.1) is 0 Å². The lowest BCUT2D eigenvalue weighted by atomic mass is 9.92. The van der Waals surface area contributed by atoms with Crippen LogP contribution in [0.3, 0.4) is 0 Å². The van der Waals surface area contributed by atoms with Crippen molar-refractivity contribution in [1.82, 2.24) is 19.9 Å². The molecule has 10 aromatic rings. The molecule has 258 valence electrons. The zero-order valence-corrected chi connectivity index (χ0v) is 29.0. The number of esters is 2. The zero-order chi connectivity index (χ0) is 36.3. The molecule has 0 atom stereocenters. The van der Waals surface area contributed by atoms with E-state index in [0.29, 0.717) is 22.4 Å². The van der Waals surface area contributed by atoms with Crippen molar-refractivity contribution in [2.24, 2.45) is 0 Å². The molecule has 0 radical (unpaired) electrons. The Morgan fingerprint density at radius 3 is 1.93 bits per heavy atom. The Labute approximate surface area is 308 Å². The van der Waals surface area contributed by atoms with Crippen LogP contribution in [-0.4, -0.2) is 39.0 Å². The first-order chi connectivity index (χ1) is 26.6. The predicted octanol–water partition coefficient (Wildman–Crippen LogP) is 10.5. The van der Waals surface area contributed by atoms with Gasteiger partial charge in [-0.25, -0.2) is 9.59 Å². The number of hydrogen-bond acceptors (Lipinski definition) is 6. The minimum Gasteiger partial charge on any atom is -0.465 e. The number of methoxy groups -OCH3 is 1. The van der Waals surface area contributed by atoms with Crippen LogP contribution in [-0.2, 0) is 16.1 Å². The third kappa shape index (κ3) is 4.92. The Kier molecular flexibility index (Phi) is 7.23. The molecule has 4 heterocycles. The van der Waals surface area contributed by atoms with Crippen LogP contribution < -0.4 is 0 Å². The zero-order valence-electron chi connectivity index (χ0n) is 29.0. The third-order valence-electron chi connectivity index (χ3n) is 10.3. The van der Waals surface area contributed by atoms with Gasteiger partial charge in [-0.05, 0) is 81.2 Å². The van der Waals surface area contributed by atoms with Gasteiger partial charge in [-0.15, -0.1) is 0 Å². The molecule has 0 spiro atoms. The molecule has 8 heteroatoms. The van der Waals surface area contributed by atoms with Gasteiger partial charge in [0.2, 0.25) is 0 Å². The minimum absolute atomic E-state index is 0.0210. The highest BCUT2D eigenvalue weighted by Crippen LogP contribution is 2.41. The topological polar surface area (TPSA) is 110 Å². The lowest BCUT2D eigenvalue weighted by Crippen LogP contribution is -2.08. The number of ether oxygens (including phenoxy) is 2. The second-order valence-electron chi connectivity index (χ2n) is 13.3. The van der Waals surface area contributed by atoms with Gasteiger partial charge in [0, 0.05) is 73.3 Å². The average Bonchev–Trinajstić information content (AvgIpc) is 3.80. The summed E-state index contributed by atoms with van der Waals surface area (Å²) in [5.74, 6) is -0.933. The first-order valence-corrected chi connectivity index (χ1v) is 17.6. The fourth-order valence-electron chi connectivity index (χ4n) is 7.95. The van der Waals surface area contributed by atoms with Crippen LogP contribution in [0.5, 0.6) is 0 Å². The summed E-state index contributed by atoms with van der Waals surface area (Å²) in [6.45, 7) is 0.0210. The summed E-state index contributed by atoms with van der Waals surface area (Å²) in [7, 11) is 1.37. The van der Waals surface area contributed by atoms with E-state index in [1.165, 1.54) is 7.11 Å². The SMILES string of the molecule is COC(=O)c1ccncc1-c1cc2[nH]c3ccccc3c2c2ccc(COC(=O)c3cccnc3-c3cc4[nH]c5ccccc5c4c4ccccc34)cc12.